The molecule has 0 aromatic heterocycles. The van der Waals surface area contributed by atoms with Gasteiger partial charge in [-0.15, -0.1) is 0 Å². The second-order valence-corrected chi connectivity index (χ2v) is 5.80. The fourth-order valence-electron chi connectivity index (χ4n) is 2.34. The lowest BCUT2D eigenvalue weighted by molar-refractivity contribution is -0.145. The first-order chi connectivity index (χ1) is 9.47. The SMILES string of the molecule is O=C(O)C1CCCN(C(=O)Cc2ccc(F)c(Br)c2)C1. The number of likely N-dealkylation sites (tertiary alicyclic amines) is 1. The smallest absolute Gasteiger partial charge is 0.308 e. The van der Waals surface area contributed by atoms with E-state index in [2.05, 4.69) is 15.9 Å². The molecule has 1 aliphatic heterocycles. The number of carbonyl (C=O) groups is 2. The number of carboxylic acids is 1. The van der Waals surface area contributed by atoms with Gasteiger partial charge in [-0.25, -0.2) is 4.39 Å². The topological polar surface area (TPSA) is 57.6 Å². The molecule has 6 heteroatoms. The maximum Gasteiger partial charge on any atom is 0.308 e. The summed E-state index contributed by atoms with van der Waals surface area (Å²) in [5.74, 6) is -1.82. The van der Waals surface area contributed by atoms with Crippen LogP contribution in [0, 0.1) is 11.7 Å². The molecule has 20 heavy (non-hydrogen) atoms. The van der Waals surface area contributed by atoms with Crippen molar-refractivity contribution < 1.29 is 19.1 Å². The monoisotopic (exact) mass is 343 g/mol. The average molecular weight is 344 g/mol. The number of carboxylic acid groups (broad SMARTS) is 1. The van der Waals surface area contributed by atoms with Crippen LogP contribution in [0.5, 0.6) is 0 Å². The summed E-state index contributed by atoms with van der Waals surface area (Å²) < 4.78 is 13.4. The van der Waals surface area contributed by atoms with Crippen LogP contribution >= 0.6 is 15.9 Å². The van der Waals surface area contributed by atoms with Crippen LogP contribution in [-0.4, -0.2) is 35.0 Å². The van der Waals surface area contributed by atoms with Crippen LogP contribution in [0.2, 0.25) is 0 Å². The zero-order chi connectivity index (χ0) is 14.7. The molecule has 1 aliphatic rings. The molecular weight excluding hydrogens is 329 g/mol. The zero-order valence-corrected chi connectivity index (χ0v) is 12.4. The second kappa shape index (κ2) is 6.35. The van der Waals surface area contributed by atoms with Gasteiger partial charge in [-0.05, 0) is 46.5 Å². The molecular formula is C14H15BrFNO3. The third-order valence-electron chi connectivity index (χ3n) is 3.46. The summed E-state index contributed by atoms with van der Waals surface area (Å²) in [7, 11) is 0. The fourth-order valence-corrected chi connectivity index (χ4v) is 2.77. The molecule has 0 bridgehead atoms. The van der Waals surface area contributed by atoms with Gasteiger partial charge in [0, 0.05) is 13.1 Å². The summed E-state index contributed by atoms with van der Waals surface area (Å²) in [4.78, 5) is 24.7. The summed E-state index contributed by atoms with van der Waals surface area (Å²) in [5, 5.41) is 9.01. The lowest BCUT2D eigenvalue weighted by atomic mass is 9.97. The molecule has 1 N–H and O–H groups in total. The predicted molar refractivity (Wildman–Crippen MR) is 74.7 cm³/mol. The number of nitrogens with zero attached hydrogens (tertiary/aromatic N) is 1. The van der Waals surface area contributed by atoms with Crippen molar-refractivity contribution in [2.24, 2.45) is 5.92 Å². The standard InChI is InChI=1S/C14H15BrFNO3/c15-11-6-9(3-4-12(11)16)7-13(18)17-5-1-2-10(8-17)14(19)20/h3-4,6,10H,1-2,5,7-8H2,(H,19,20). The van der Waals surface area contributed by atoms with E-state index in [4.69, 9.17) is 5.11 Å². The minimum atomic E-state index is -0.855. The minimum absolute atomic E-state index is 0.116. The molecule has 1 atom stereocenters. The van der Waals surface area contributed by atoms with Gasteiger partial charge in [0.2, 0.25) is 5.91 Å². The summed E-state index contributed by atoms with van der Waals surface area (Å²) in [5.41, 5.74) is 0.709. The van der Waals surface area contributed by atoms with Gasteiger partial charge in [0.25, 0.3) is 0 Å². The molecule has 1 aromatic rings. The molecule has 0 aliphatic carbocycles. The zero-order valence-electron chi connectivity index (χ0n) is 10.8. The Morgan fingerprint density at radius 2 is 2.20 bits per heavy atom. The molecule has 1 saturated heterocycles. The van der Waals surface area contributed by atoms with Gasteiger partial charge < -0.3 is 10.0 Å². The van der Waals surface area contributed by atoms with E-state index in [0.717, 1.165) is 0 Å². The number of rotatable bonds is 3. The number of carbonyl (C=O) groups excluding carboxylic acids is 1. The molecule has 2 rings (SSSR count). The Morgan fingerprint density at radius 3 is 2.85 bits per heavy atom. The lowest BCUT2D eigenvalue weighted by Gasteiger charge is -2.30. The van der Waals surface area contributed by atoms with Crippen LogP contribution in [-0.2, 0) is 16.0 Å². The summed E-state index contributed by atoms with van der Waals surface area (Å²) >= 11 is 3.08. The van der Waals surface area contributed by atoms with E-state index < -0.39 is 11.9 Å². The molecule has 1 heterocycles. The Labute approximate surface area is 124 Å². The van der Waals surface area contributed by atoms with E-state index in [0.29, 0.717) is 29.4 Å². The maximum absolute atomic E-state index is 13.1. The molecule has 108 valence electrons. The van der Waals surface area contributed by atoms with Crippen molar-refractivity contribution in [2.45, 2.75) is 19.3 Å². The number of hydrogen-bond donors (Lipinski definition) is 1. The maximum atomic E-state index is 13.1. The van der Waals surface area contributed by atoms with E-state index in [1.807, 2.05) is 0 Å². The van der Waals surface area contributed by atoms with E-state index in [9.17, 15) is 14.0 Å². The van der Waals surface area contributed by atoms with E-state index in [1.165, 1.54) is 6.07 Å². The molecule has 1 amide bonds. The normalized spacial score (nSPS) is 18.9. The predicted octanol–water partition coefficient (Wildman–Crippen LogP) is 2.45. The summed E-state index contributed by atoms with van der Waals surface area (Å²) in [6.07, 6.45) is 1.47. The van der Waals surface area contributed by atoms with Crippen LogP contribution in [0.25, 0.3) is 0 Å². The van der Waals surface area contributed by atoms with Crippen molar-refractivity contribution in [3.63, 3.8) is 0 Å². The molecule has 0 spiro atoms. The number of benzene rings is 1. The van der Waals surface area contributed by atoms with Crippen molar-refractivity contribution in [1.29, 1.82) is 0 Å². The highest BCUT2D eigenvalue weighted by molar-refractivity contribution is 9.10. The Bertz CT molecular complexity index is 535. The highest BCUT2D eigenvalue weighted by Gasteiger charge is 2.27. The second-order valence-electron chi connectivity index (χ2n) is 4.94. The van der Waals surface area contributed by atoms with Crippen molar-refractivity contribution >= 4 is 27.8 Å². The fraction of sp³-hybridized carbons (Fsp3) is 0.429. The molecule has 1 fully saturated rings. The molecule has 0 radical (unpaired) electrons. The third-order valence-corrected chi connectivity index (χ3v) is 4.07. The Hall–Kier alpha value is -1.43. The van der Waals surface area contributed by atoms with Crippen molar-refractivity contribution in [3.05, 3.63) is 34.1 Å². The van der Waals surface area contributed by atoms with Crippen LogP contribution in [0.15, 0.2) is 22.7 Å². The number of aliphatic carboxylic acids is 1. The summed E-state index contributed by atoms with van der Waals surface area (Å²) in [6.45, 7) is 0.849. The van der Waals surface area contributed by atoms with Crippen LogP contribution in [0.4, 0.5) is 4.39 Å². The number of piperidine rings is 1. The van der Waals surface area contributed by atoms with Crippen LogP contribution in [0.3, 0.4) is 0 Å². The van der Waals surface area contributed by atoms with Gasteiger partial charge in [-0.3, -0.25) is 9.59 Å². The van der Waals surface area contributed by atoms with Crippen molar-refractivity contribution in [1.82, 2.24) is 4.90 Å². The van der Waals surface area contributed by atoms with Gasteiger partial charge in [0.1, 0.15) is 5.82 Å². The van der Waals surface area contributed by atoms with Gasteiger partial charge in [-0.2, -0.15) is 0 Å². The largest absolute Gasteiger partial charge is 0.481 e. The Balaban J connectivity index is 2.00. The first-order valence-electron chi connectivity index (χ1n) is 6.42. The van der Waals surface area contributed by atoms with Crippen molar-refractivity contribution in [3.8, 4) is 0 Å². The van der Waals surface area contributed by atoms with Gasteiger partial charge >= 0.3 is 5.97 Å². The van der Waals surface area contributed by atoms with Gasteiger partial charge in [0.05, 0.1) is 16.8 Å². The number of amides is 1. The first-order valence-corrected chi connectivity index (χ1v) is 7.21. The average Bonchev–Trinajstić information content (AvgIpc) is 2.43. The Morgan fingerprint density at radius 1 is 1.45 bits per heavy atom. The highest BCUT2D eigenvalue weighted by Crippen LogP contribution is 2.20. The Kier molecular flexibility index (Phi) is 4.75. The van der Waals surface area contributed by atoms with E-state index in [-0.39, 0.29) is 24.7 Å². The molecule has 0 saturated carbocycles. The van der Waals surface area contributed by atoms with Gasteiger partial charge in [0.15, 0.2) is 0 Å². The lowest BCUT2D eigenvalue weighted by Crippen LogP contribution is -2.43. The molecule has 1 unspecified atom stereocenters. The van der Waals surface area contributed by atoms with Crippen molar-refractivity contribution in [2.75, 3.05) is 13.1 Å². The van der Waals surface area contributed by atoms with Crippen LogP contribution < -0.4 is 0 Å². The molecule has 1 aromatic carbocycles. The summed E-state index contributed by atoms with van der Waals surface area (Å²) in [6, 6.07) is 4.45. The van der Waals surface area contributed by atoms with E-state index >= 15 is 0 Å². The quantitative estimate of drug-likeness (QED) is 0.916. The number of hydrogen-bond acceptors (Lipinski definition) is 2. The van der Waals surface area contributed by atoms with Gasteiger partial charge in [-0.1, -0.05) is 6.07 Å². The van der Waals surface area contributed by atoms with Crippen LogP contribution in [0.1, 0.15) is 18.4 Å². The van der Waals surface area contributed by atoms with E-state index in [1.54, 1.807) is 17.0 Å². The number of halogens is 2. The third kappa shape index (κ3) is 3.56. The molecule has 4 nitrogen and oxygen atoms in total. The minimum Gasteiger partial charge on any atom is -0.481 e. The highest BCUT2D eigenvalue weighted by atomic mass is 79.9. The first kappa shape index (κ1) is 15.0.